The minimum atomic E-state index is -0.412. The standard InChI is InChI=1S/C21H15Br2N3O3S/c1-29-20(28)13-7-8-15-17(9-13)30-21(25-15)26(11-12-5-3-2-4-6-12)19(27)16-10-14(22)18(23)24-16/h2-10,24H,11H2,1H3. The molecule has 1 amide bonds. The largest absolute Gasteiger partial charge is 0.465 e. The molecule has 0 saturated carbocycles. The van der Waals surface area contributed by atoms with Crippen LogP contribution < -0.4 is 4.90 Å². The topological polar surface area (TPSA) is 75.3 Å². The molecule has 0 saturated heterocycles. The van der Waals surface area contributed by atoms with Crippen molar-refractivity contribution in [2.75, 3.05) is 12.0 Å². The first-order chi connectivity index (χ1) is 14.5. The monoisotopic (exact) mass is 547 g/mol. The zero-order valence-electron chi connectivity index (χ0n) is 15.7. The third kappa shape index (κ3) is 4.19. The van der Waals surface area contributed by atoms with Crippen LogP contribution in [0.25, 0.3) is 10.2 Å². The number of halogens is 2. The van der Waals surface area contributed by atoms with E-state index in [-0.39, 0.29) is 5.91 Å². The molecule has 30 heavy (non-hydrogen) atoms. The fourth-order valence-corrected chi connectivity index (χ4v) is 4.59. The average Bonchev–Trinajstić information content (AvgIpc) is 3.34. The summed E-state index contributed by atoms with van der Waals surface area (Å²) in [6.07, 6.45) is 0. The first-order valence-electron chi connectivity index (χ1n) is 8.85. The van der Waals surface area contributed by atoms with E-state index >= 15 is 0 Å². The Labute approximate surface area is 193 Å². The molecule has 2 aromatic carbocycles. The third-order valence-corrected chi connectivity index (χ3v) is 7.24. The highest BCUT2D eigenvalue weighted by molar-refractivity contribution is 9.13. The quantitative estimate of drug-likeness (QED) is 0.321. The minimum absolute atomic E-state index is 0.211. The van der Waals surface area contributed by atoms with Gasteiger partial charge >= 0.3 is 5.97 Å². The molecule has 4 aromatic rings. The maximum Gasteiger partial charge on any atom is 0.337 e. The number of benzene rings is 2. The van der Waals surface area contributed by atoms with E-state index in [0.29, 0.717) is 33.1 Å². The molecule has 4 rings (SSSR count). The Bertz CT molecular complexity index is 1220. The Balaban J connectivity index is 1.76. The summed E-state index contributed by atoms with van der Waals surface area (Å²) in [7, 11) is 1.34. The number of esters is 1. The van der Waals surface area contributed by atoms with E-state index in [1.165, 1.54) is 18.4 Å². The van der Waals surface area contributed by atoms with E-state index in [1.807, 2.05) is 30.3 Å². The summed E-state index contributed by atoms with van der Waals surface area (Å²) in [4.78, 5) is 34.5. The number of aromatic nitrogens is 2. The van der Waals surface area contributed by atoms with Crippen molar-refractivity contribution in [3.63, 3.8) is 0 Å². The number of carbonyl (C=O) groups excluding carboxylic acids is 2. The van der Waals surface area contributed by atoms with Crippen LogP contribution in [0.15, 0.2) is 63.7 Å². The van der Waals surface area contributed by atoms with Crippen LogP contribution in [0.5, 0.6) is 0 Å². The fraction of sp³-hybridized carbons (Fsp3) is 0.0952. The zero-order valence-corrected chi connectivity index (χ0v) is 19.7. The lowest BCUT2D eigenvalue weighted by Gasteiger charge is -2.19. The summed E-state index contributed by atoms with van der Waals surface area (Å²) in [6, 6.07) is 16.6. The highest BCUT2D eigenvalue weighted by Gasteiger charge is 2.24. The number of anilines is 1. The summed E-state index contributed by atoms with van der Waals surface area (Å²) in [5.41, 5.74) is 2.56. The highest BCUT2D eigenvalue weighted by Crippen LogP contribution is 2.32. The average molecular weight is 549 g/mol. The molecule has 9 heteroatoms. The lowest BCUT2D eigenvalue weighted by Crippen LogP contribution is -2.30. The number of ether oxygens (including phenoxy) is 1. The summed E-state index contributed by atoms with van der Waals surface area (Å²) in [5.74, 6) is -0.623. The predicted octanol–water partition coefficient (Wildman–Crippen LogP) is 5.78. The van der Waals surface area contributed by atoms with Gasteiger partial charge in [0, 0.05) is 0 Å². The molecule has 0 atom stereocenters. The van der Waals surface area contributed by atoms with Crippen LogP contribution in [0.2, 0.25) is 0 Å². The molecule has 2 heterocycles. The second-order valence-electron chi connectivity index (χ2n) is 6.39. The number of nitrogens with one attached hydrogen (secondary N) is 1. The van der Waals surface area contributed by atoms with Gasteiger partial charge in [0.1, 0.15) is 5.69 Å². The lowest BCUT2D eigenvalue weighted by molar-refractivity contribution is 0.0601. The summed E-state index contributed by atoms with van der Waals surface area (Å²) < 4.78 is 7.05. The first-order valence-corrected chi connectivity index (χ1v) is 11.2. The number of amides is 1. The molecule has 152 valence electrons. The van der Waals surface area contributed by atoms with E-state index in [2.05, 4.69) is 41.8 Å². The van der Waals surface area contributed by atoms with E-state index in [4.69, 9.17) is 4.74 Å². The fourth-order valence-electron chi connectivity index (χ4n) is 2.93. The maximum absolute atomic E-state index is 13.4. The van der Waals surface area contributed by atoms with Crippen molar-refractivity contribution in [3.05, 3.63) is 80.5 Å². The molecule has 0 aliphatic heterocycles. The maximum atomic E-state index is 13.4. The van der Waals surface area contributed by atoms with Gasteiger partial charge in [0.15, 0.2) is 5.13 Å². The number of hydrogen-bond donors (Lipinski definition) is 1. The van der Waals surface area contributed by atoms with Crippen LogP contribution in [0.3, 0.4) is 0 Å². The Morgan fingerprint density at radius 3 is 2.57 bits per heavy atom. The van der Waals surface area contributed by atoms with Crippen molar-refractivity contribution in [3.8, 4) is 0 Å². The normalized spacial score (nSPS) is 10.9. The first kappa shape index (κ1) is 20.8. The third-order valence-electron chi connectivity index (χ3n) is 4.41. The number of rotatable bonds is 5. The van der Waals surface area contributed by atoms with Crippen molar-refractivity contribution in [2.24, 2.45) is 0 Å². The van der Waals surface area contributed by atoms with Gasteiger partial charge in [-0.05, 0) is 61.7 Å². The van der Waals surface area contributed by atoms with Gasteiger partial charge in [-0.25, -0.2) is 9.78 Å². The molecule has 0 aliphatic carbocycles. The van der Waals surface area contributed by atoms with Crippen LogP contribution in [0.1, 0.15) is 26.4 Å². The Kier molecular flexibility index (Phi) is 6.03. The van der Waals surface area contributed by atoms with Gasteiger partial charge in [-0.3, -0.25) is 9.69 Å². The van der Waals surface area contributed by atoms with Crippen LogP contribution in [-0.2, 0) is 11.3 Å². The number of carbonyl (C=O) groups is 2. The van der Waals surface area contributed by atoms with Crippen molar-refractivity contribution >= 4 is 70.4 Å². The number of fused-ring (bicyclic) bond motifs is 1. The second kappa shape index (κ2) is 8.71. The Morgan fingerprint density at radius 1 is 1.13 bits per heavy atom. The number of methoxy groups -OCH3 is 1. The van der Waals surface area contributed by atoms with Crippen molar-refractivity contribution in [2.45, 2.75) is 6.54 Å². The number of thiazole rings is 1. The van der Waals surface area contributed by atoms with Crippen molar-refractivity contribution in [1.82, 2.24) is 9.97 Å². The van der Waals surface area contributed by atoms with Gasteiger partial charge in [-0.15, -0.1) is 0 Å². The zero-order chi connectivity index (χ0) is 21.3. The number of H-pyrrole nitrogens is 1. The predicted molar refractivity (Wildman–Crippen MR) is 124 cm³/mol. The molecule has 0 bridgehead atoms. The van der Waals surface area contributed by atoms with Gasteiger partial charge in [-0.1, -0.05) is 41.7 Å². The van der Waals surface area contributed by atoms with Gasteiger partial charge in [0.25, 0.3) is 5.91 Å². The molecule has 0 radical (unpaired) electrons. The van der Waals surface area contributed by atoms with Crippen molar-refractivity contribution < 1.29 is 14.3 Å². The number of nitrogens with zero attached hydrogens (tertiary/aromatic N) is 2. The molecule has 6 nitrogen and oxygen atoms in total. The molecule has 1 N–H and O–H groups in total. The summed E-state index contributed by atoms with van der Waals surface area (Å²) in [5, 5.41) is 0.544. The van der Waals surface area contributed by atoms with Crippen LogP contribution in [0.4, 0.5) is 5.13 Å². The van der Waals surface area contributed by atoms with E-state index in [9.17, 15) is 9.59 Å². The molecule has 0 unspecified atom stereocenters. The number of hydrogen-bond acceptors (Lipinski definition) is 5. The Morgan fingerprint density at radius 2 is 1.90 bits per heavy atom. The number of aromatic amines is 1. The molecule has 0 fully saturated rings. The highest BCUT2D eigenvalue weighted by atomic mass is 79.9. The minimum Gasteiger partial charge on any atom is -0.465 e. The van der Waals surface area contributed by atoms with E-state index in [1.54, 1.807) is 29.2 Å². The lowest BCUT2D eigenvalue weighted by atomic mass is 10.2. The molecule has 2 aromatic heterocycles. The van der Waals surface area contributed by atoms with Crippen molar-refractivity contribution in [1.29, 1.82) is 0 Å². The van der Waals surface area contributed by atoms with Gasteiger partial charge in [0.2, 0.25) is 0 Å². The molecule has 0 spiro atoms. The molecular weight excluding hydrogens is 534 g/mol. The SMILES string of the molecule is COC(=O)c1ccc2nc(N(Cc3ccccc3)C(=O)c3cc(Br)c(Br)[nH]3)sc2c1. The van der Waals surface area contributed by atoms with Crippen LogP contribution in [0, 0.1) is 0 Å². The summed E-state index contributed by atoms with van der Waals surface area (Å²) in [6.45, 7) is 0.359. The molecular formula is C21H15Br2N3O3S. The van der Waals surface area contributed by atoms with Gasteiger partial charge in [0.05, 0.1) is 38.5 Å². The van der Waals surface area contributed by atoms with Gasteiger partial charge in [-0.2, -0.15) is 0 Å². The smallest absolute Gasteiger partial charge is 0.337 e. The molecule has 0 aliphatic rings. The van der Waals surface area contributed by atoms with Crippen LogP contribution >= 0.6 is 43.2 Å². The van der Waals surface area contributed by atoms with E-state index in [0.717, 1.165) is 14.7 Å². The Hall–Kier alpha value is -2.49. The van der Waals surface area contributed by atoms with Gasteiger partial charge < -0.3 is 9.72 Å². The van der Waals surface area contributed by atoms with E-state index < -0.39 is 5.97 Å². The second-order valence-corrected chi connectivity index (χ2v) is 9.05. The van der Waals surface area contributed by atoms with Crippen LogP contribution in [-0.4, -0.2) is 29.0 Å². The summed E-state index contributed by atoms with van der Waals surface area (Å²) >= 11 is 8.14.